The number of halogens is 1. The van der Waals surface area contributed by atoms with Crippen LogP contribution in [0.4, 0.5) is 9.18 Å². The SMILES string of the molecule is O=C(NC1CCC(NC(=O)c2csc(COc3ccccc3F)n2)CC1)NC12CC3CC(CC(C3)C1)C2. The summed E-state index contributed by atoms with van der Waals surface area (Å²) >= 11 is 1.32. The third-order valence-corrected chi connectivity index (χ3v) is 9.61. The molecule has 0 saturated heterocycles. The van der Waals surface area contributed by atoms with Gasteiger partial charge in [-0.05, 0) is 94.1 Å². The Hall–Kier alpha value is -2.68. The van der Waals surface area contributed by atoms with Gasteiger partial charge in [-0.1, -0.05) is 12.1 Å². The molecule has 5 aliphatic rings. The van der Waals surface area contributed by atoms with Gasteiger partial charge >= 0.3 is 6.03 Å². The molecule has 37 heavy (non-hydrogen) atoms. The maximum absolute atomic E-state index is 13.7. The van der Waals surface area contributed by atoms with Crippen molar-refractivity contribution in [2.75, 3.05) is 0 Å². The first-order valence-electron chi connectivity index (χ1n) is 13.6. The fourth-order valence-electron chi connectivity index (χ4n) is 7.55. The Labute approximate surface area is 221 Å². The zero-order valence-electron chi connectivity index (χ0n) is 21.0. The second-order valence-corrected chi connectivity index (χ2v) is 12.6. The Kier molecular flexibility index (Phi) is 6.82. The van der Waals surface area contributed by atoms with Crippen molar-refractivity contribution in [3.8, 4) is 5.75 Å². The summed E-state index contributed by atoms with van der Waals surface area (Å²) in [6.45, 7) is 0.112. The van der Waals surface area contributed by atoms with Gasteiger partial charge < -0.3 is 20.7 Å². The normalized spacial score (nSPS) is 32.1. The molecule has 0 atom stereocenters. The predicted molar refractivity (Wildman–Crippen MR) is 139 cm³/mol. The molecule has 5 fully saturated rings. The van der Waals surface area contributed by atoms with Gasteiger partial charge in [-0.3, -0.25) is 4.79 Å². The van der Waals surface area contributed by atoms with Gasteiger partial charge in [0.2, 0.25) is 0 Å². The van der Waals surface area contributed by atoms with Crippen LogP contribution in [0.3, 0.4) is 0 Å². The van der Waals surface area contributed by atoms with Gasteiger partial charge in [0.1, 0.15) is 17.3 Å². The summed E-state index contributed by atoms with van der Waals surface area (Å²) in [4.78, 5) is 30.0. The van der Waals surface area contributed by atoms with Crippen LogP contribution in [-0.4, -0.2) is 34.5 Å². The van der Waals surface area contributed by atoms with Crippen LogP contribution in [0.2, 0.25) is 0 Å². The van der Waals surface area contributed by atoms with E-state index in [4.69, 9.17) is 4.74 Å². The quantitative estimate of drug-likeness (QED) is 0.464. The number of carbonyl (C=O) groups excluding carboxylic acids is 2. The first-order chi connectivity index (χ1) is 17.9. The van der Waals surface area contributed by atoms with Crippen molar-refractivity contribution < 1.29 is 18.7 Å². The predicted octanol–water partition coefficient (Wildman–Crippen LogP) is 5.17. The molecule has 1 aromatic heterocycles. The molecular weight excluding hydrogens is 491 g/mol. The number of nitrogens with one attached hydrogen (secondary N) is 3. The maximum Gasteiger partial charge on any atom is 0.315 e. The molecule has 198 valence electrons. The van der Waals surface area contributed by atoms with Crippen LogP contribution in [0.25, 0.3) is 0 Å². The number of amides is 3. The number of thiazole rings is 1. The molecule has 4 bridgehead atoms. The Morgan fingerprint density at radius 1 is 0.973 bits per heavy atom. The maximum atomic E-state index is 13.7. The molecule has 3 amide bonds. The lowest BCUT2D eigenvalue weighted by Crippen LogP contribution is -2.62. The lowest BCUT2D eigenvalue weighted by molar-refractivity contribution is -0.0137. The monoisotopic (exact) mass is 526 g/mol. The van der Waals surface area contributed by atoms with E-state index in [2.05, 4.69) is 20.9 Å². The number of hydrogen-bond donors (Lipinski definition) is 3. The summed E-state index contributed by atoms with van der Waals surface area (Å²) in [6.07, 6.45) is 10.9. The first-order valence-corrected chi connectivity index (χ1v) is 14.5. The van der Waals surface area contributed by atoms with Crippen molar-refractivity contribution >= 4 is 23.3 Å². The van der Waals surface area contributed by atoms with Gasteiger partial charge in [-0.2, -0.15) is 0 Å². The summed E-state index contributed by atoms with van der Waals surface area (Å²) in [6, 6.07) is 6.42. The largest absolute Gasteiger partial charge is 0.483 e. The number of carbonyl (C=O) groups is 2. The third kappa shape index (κ3) is 5.61. The number of urea groups is 1. The molecule has 1 heterocycles. The van der Waals surface area contributed by atoms with Crippen LogP contribution in [0, 0.1) is 23.6 Å². The van der Waals surface area contributed by atoms with Crippen LogP contribution in [0.15, 0.2) is 29.6 Å². The minimum atomic E-state index is -0.424. The molecular formula is C28H35FN4O3S. The number of rotatable bonds is 7. The molecule has 1 aromatic carbocycles. The second kappa shape index (κ2) is 10.2. The highest BCUT2D eigenvalue weighted by Gasteiger charge is 2.51. The van der Waals surface area contributed by atoms with Crippen LogP contribution in [0.5, 0.6) is 5.75 Å². The standard InChI is InChI=1S/C28H35FN4O3S/c29-22-3-1-2-4-24(22)36-15-25-32-23(16-37-25)26(34)30-20-5-7-21(8-6-20)31-27(35)33-28-12-17-9-18(13-28)11-19(10-17)14-28/h1-4,16-21H,5-15H2,(H,30,34)(H2,31,33,35). The van der Waals surface area contributed by atoms with Crippen molar-refractivity contribution in [3.63, 3.8) is 0 Å². The number of nitrogens with zero attached hydrogens (tertiary/aromatic N) is 1. The van der Waals surface area contributed by atoms with Crippen LogP contribution >= 0.6 is 11.3 Å². The molecule has 0 aliphatic heterocycles. The van der Waals surface area contributed by atoms with E-state index in [1.165, 1.54) is 36.7 Å². The summed E-state index contributed by atoms with van der Waals surface area (Å²) in [7, 11) is 0. The molecule has 0 unspecified atom stereocenters. The van der Waals surface area contributed by atoms with Gasteiger partial charge in [0, 0.05) is 23.0 Å². The lowest BCUT2D eigenvalue weighted by atomic mass is 9.53. The Morgan fingerprint density at radius 2 is 1.59 bits per heavy atom. The van der Waals surface area contributed by atoms with Crippen molar-refractivity contribution in [3.05, 3.63) is 46.2 Å². The summed E-state index contributed by atoms with van der Waals surface area (Å²) in [5, 5.41) is 12.0. The van der Waals surface area contributed by atoms with Gasteiger partial charge in [-0.15, -0.1) is 11.3 Å². The number of hydrogen-bond acceptors (Lipinski definition) is 5. The summed E-state index contributed by atoms with van der Waals surface area (Å²) < 4.78 is 19.2. The van der Waals surface area contributed by atoms with E-state index in [1.807, 2.05) is 0 Å². The Morgan fingerprint density at radius 3 is 2.24 bits per heavy atom. The van der Waals surface area contributed by atoms with Crippen molar-refractivity contribution in [2.45, 2.75) is 88.4 Å². The highest BCUT2D eigenvalue weighted by molar-refractivity contribution is 7.09. The fraction of sp³-hybridized carbons (Fsp3) is 0.607. The third-order valence-electron chi connectivity index (χ3n) is 8.79. The van der Waals surface area contributed by atoms with Crippen LogP contribution in [-0.2, 0) is 6.61 Å². The molecule has 0 radical (unpaired) electrons. The summed E-state index contributed by atoms with van der Waals surface area (Å²) in [5.74, 6) is 1.95. The molecule has 7 rings (SSSR count). The van der Waals surface area contributed by atoms with E-state index in [-0.39, 0.29) is 41.9 Å². The van der Waals surface area contributed by atoms with Crippen LogP contribution < -0.4 is 20.7 Å². The molecule has 5 aliphatic carbocycles. The minimum absolute atomic E-state index is 0.0120. The van der Waals surface area contributed by atoms with E-state index in [0.717, 1.165) is 62.7 Å². The van der Waals surface area contributed by atoms with E-state index < -0.39 is 5.82 Å². The van der Waals surface area contributed by atoms with Gasteiger partial charge in [0.15, 0.2) is 11.6 Å². The zero-order chi connectivity index (χ0) is 25.4. The van der Waals surface area contributed by atoms with Crippen molar-refractivity contribution in [2.24, 2.45) is 17.8 Å². The van der Waals surface area contributed by atoms with E-state index in [1.54, 1.807) is 23.6 Å². The Bertz CT molecular complexity index is 1110. The van der Waals surface area contributed by atoms with Crippen molar-refractivity contribution in [1.29, 1.82) is 0 Å². The topological polar surface area (TPSA) is 92.4 Å². The molecule has 5 saturated carbocycles. The second-order valence-electron chi connectivity index (χ2n) is 11.7. The van der Waals surface area contributed by atoms with Gasteiger partial charge in [0.05, 0.1) is 0 Å². The number of aromatic nitrogens is 1. The molecule has 9 heteroatoms. The minimum Gasteiger partial charge on any atom is -0.483 e. The van der Waals surface area contributed by atoms with E-state index >= 15 is 0 Å². The number of benzene rings is 1. The number of ether oxygens (including phenoxy) is 1. The highest BCUT2D eigenvalue weighted by Crippen LogP contribution is 2.55. The Balaban J connectivity index is 0.933. The molecule has 3 N–H and O–H groups in total. The van der Waals surface area contributed by atoms with Crippen LogP contribution in [0.1, 0.15) is 79.7 Å². The molecule has 0 spiro atoms. The van der Waals surface area contributed by atoms with E-state index in [9.17, 15) is 14.0 Å². The van der Waals surface area contributed by atoms with Crippen molar-refractivity contribution in [1.82, 2.24) is 20.9 Å². The fourth-order valence-corrected chi connectivity index (χ4v) is 8.24. The molecule has 7 nitrogen and oxygen atoms in total. The van der Waals surface area contributed by atoms with E-state index in [0.29, 0.717) is 10.7 Å². The van der Waals surface area contributed by atoms with Gasteiger partial charge in [-0.25, -0.2) is 14.2 Å². The zero-order valence-corrected chi connectivity index (χ0v) is 21.8. The first kappa shape index (κ1) is 24.6. The average molecular weight is 527 g/mol. The molecule has 2 aromatic rings. The summed E-state index contributed by atoms with van der Waals surface area (Å²) in [5.41, 5.74) is 0.379. The lowest BCUT2D eigenvalue weighted by Gasteiger charge is -2.56. The number of para-hydroxylation sites is 1. The average Bonchev–Trinajstić information content (AvgIpc) is 3.33. The highest BCUT2D eigenvalue weighted by atomic mass is 32.1. The smallest absolute Gasteiger partial charge is 0.315 e. The van der Waals surface area contributed by atoms with Gasteiger partial charge in [0.25, 0.3) is 5.91 Å².